The van der Waals surface area contributed by atoms with Gasteiger partial charge in [-0.05, 0) is 48.9 Å². The lowest BCUT2D eigenvalue weighted by Gasteiger charge is -1.89. The molecule has 3 aliphatic rings. The van der Waals surface area contributed by atoms with Gasteiger partial charge in [-0.3, -0.25) is 0 Å². The molecule has 50 valence electrons. The van der Waals surface area contributed by atoms with Crippen LogP contribution in [0.25, 0.3) is 0 Å². The van der Waals surface area contributed by atoms with Crippen molar-refractivity contribution in [2.24, 2.45) is 23.2 Å². The zero-order chi connectivity index (χ0) is 6.06. The van der Waals surface area contributed by atoms with Gasteiger partial charge in [0.2, 0.25) is 0 Å². The second kappa shape index (κ2) is 1.09. The fourth-order valence-corrected chi connectivity index (χ4v) is 2.63. The average molecular weight is 122 g/mol. The van der Waals surface area contributed by atoms with Gasteiger partial charge < -0.3 is 0 Å². The summed E-state index contributed by atoms with van der Waals surface area (Å²) in [6, 6.07) is 0. The Kier molecular flexibility index (Phi) is 0.574. The van der Waals surface area contributed by atoms with E-state index in [4.69, 9.17) is 0 Å². The molecule has 0 aromatic heterocycles. The van der Waals surface area contributed by atoms with Gasteiger partial charge in [0.05, 0.1) is 0 Å². The van der Waals surface area contributed by atoms with Crippen molar-refractivity contribution in [3.05, 3.63) is 0 Å². The van der Waals surface area contributed by atoms with E-state index < -0.39 is 0 Å². The van der Waals surface area contributed by atoms with Crippen LogP contribution in [0.15, 0.2) is 0 Å². The van der Waals surface area contributed by atoms with Gasteiger partial charge in [0.15, 0.2) is 0 Å². The Hall–Kier alpha value is 0. The SMILES string of the molecule is CC1CC1C1CC12CC2. The predicted molar refractivity (Wildman–Crippen MR) is 37.0 cm³/mol. The number of hydrogen-bond acceptors (Lipinski definition) is 0. The molecule has 3 rings (SSSR count). The molecule has 0 nitrogen and oxygen atoms in total. The van der Waals surface area contributed by atoms with Gasteiger partial charge in [-0.2, -0.15) is 0 Å². The van der Waals surface area contributed by atoms with Gasteiger partial charge in [-0.1, -0.05) is 6.92 Å². The van der Waals surface area contributed by atoms with Crippen molar-refractivity contribution in [3.8, 4) is 0 Å². The molecule has 0 radical (unpaired) electrons. The predicted octanol–water partition coefficient (Wildman–Crippen LogP) is 2.44. The molecule has 3 atom stereocenters. The molecular weight excluding hydrogens is 108 g/mol. The Morgan fingerprint density at radius 3 is 2.33 bits per heavy atom. The van der Waals surface area contributed by atoms with Crippen LogP contribution >= 0.6 is 0 Å². The molecule has 0 bridgehead atoms. The van der Waals surface area contributed by atoms with Gasteiger partial charge in [-0.25, -0.2) is 0 Å². The van der Waals surface area contributed by atoms with Gasteiger partial charge in [0.1, 0.15) is 0 Å². The van der Waals surface area contributed by atoms with Crippen LogP contribution in [-0.2, 0) is 0 Å². The lowest BCUT2D eigenvalue weighted by Crippen LogP contribution is -1.84. The highest BCUT2D eigenvalue weighted by atomic mass is 14.7. The molecule has 0 saturated heterocycles. The zero-order valence-electron chi connectivity index (χ0n) is 6.06. The smallest absolute Gasteiger partial charge is 0.0263 e. The Morgan fingerprint density at radius 2 is 2.00 bits per heavy atom. The molecule has 3 saturated carbocycles. The maximum atomic E-state index is 2.42. The summed E-state index contributed by atoms with van der Waals surface area (Å²) in [4.78, 5) is 0. The van der Waals surface area contributed by atoms with Gasteiger partial charge in [0.25, 0.3) is 0 Å². The Labute approximate surface area is 56.6 Å². The van der Waals surface area contributed by atoms with E-state index in [1.807, 2.05) is 0 Å². The quantitative estimate of drug-likeness (QED) is 0.501. The number of rotatable bonds is 1. The van der Waals surface area contributed by atoms with Gasteiger partial charge >= 0.3 is 0 Å². The van der Waals surface area contributed by atoms with Crippen molar-refractivity contribution >= 4 is 0 Å². The van der Waals surface area contributed by atoms with Crippen LogP contribution in [0.1, 0.15) is 32.6 Å². The topological polar surface area (TPSA) is 0 Å². The molecule has 1 spiro atoms. The molecule has 0 heteroatoms. The van der Waals surface area contributed by atoms with Crippen LogP contribution in [0, 0.1) is 23.2 Å². The molecule has 3 fully saturated rings. The minimum Gasteiger partial charge on any atom is -0.0622 e. The van der Waals surface area contributed by atoms with E-state index >= 15 is 0 Å². The van der Waals surface area contributed by atoms with Crippen molar-refractivity contribution < 1.29 is 0 Å². The molecule has 0 amide bonds. The van der Waals surface area contributed by atoms with Crippen LogP contribution in [0.2, 0.25) is 0 Å². The summed E-state index contributed by atoms with van der Waals surface area (Å²) in [5.74, 6) is 3.51. The third-order valence-electron chi connectivity index (χ3n) is 3.83. The minimum absolute atomic E-state index is 0.982. The molecule has 3 aliphatic carbocycles. The van der Waals surface area contributed by atoms with E-state index in [2.05, 4.69) is 6.92 Å². The highest BCUT2D eigenvalue weighted by Crippen LogP contribution is 2.76. The summed E-state index contributed by atoms with van der Waals surface area (Å²) >= 11 is 0. The van der Waals surface area contributed by atoms with Crippen molar-refractivity contribution in [2.75, 3.05) is 0 Å². The summed E-state index contributed by atoms with van der Waals surface area (Å²) in [5, 5.41) is 0. The third-order valence-corrected chi connectivity index (χ3v) is 3.83. The molecule has 3 unspecified atom stereocenters. The minimum atomic E-state index is 0.982. The molecule has 9 heavy (non-hydrogen) atoms. The molecule has 0 aromatic carbocycles. The number of hydrogen-bond donors (Lipinski definition) is 0. The fraction of sp³-hybridized carbons (Fsp3) is 1.00. The monoisotopic (exact) mass is 122 g/mol. The normalized spacial score (nSPS) is 57.7. The van der Waals surface area contributed by atoms with Gasteiger partial charge in [-0.15, -0.1) is 0 Å². The lowest BCUT2D eigenvalue weighted by molar-refractivity contribution is 0.589. The Morgan fingerprint density at radius 1 is 1.33 bits per heavy atom. The zero-order valence-corrected chi connectivity index (χ0v) is 6.06. The second-order valence-electron chi connectivity index (χ2n) is 4.55. The molecular formula is C9H14. The first kappa shape index (κ1) is 4.76. The van der Waals surface area contributed by atoms with Crippen LogP contribution in [-0.4, -0.2) is 0 Å². The summed E-state index contributed by atoms with van der Waals surface area (Å²) < 4.78 is 0. The first-order chi connectivity index (χ1) is 4.32. The second-order valence-corrected chi connectivity index (χ2v) is 4.55. The average Bonchev–Trinajstić information content (AvgIpc) is 2.58. The Bertz CT molecular complexity index is 155. The highest BCUT2D eigenvalue weighted by molar-refractivity contribution is 5.17. The summed E-state index contributed by atoms with van der Waals surface area (Å²) in [6.07, 6.45) is 6.34. The Balaban J connectivity index is 1.71. The lowest BCUT2D eigenvalue weighted by atomic mass is 10.2. The van der Waals surface area contributed by atoms with E-state index in [0.717, 1.165) is 11.3 Å². The van der Waals surface area contributed by atoms with Crippen molar-refractivity contribution in [1.29, 1.82) is 0 Å². The first-order valence-corrected chi connectivity index (χ1v) is 4.32. The third kappa shape index (κ3) is 0.500. The van der Waals surface area contributed by atoms with Crippen LogP contribution < -0.4 is 0 Å². The molecule has 0 N–H and O–H groups in total. The standard InChI is InChI=1S/C9H14/c1-6-4-7(6)8-5-9(8)2-3-9/h6-8H,2-5H2,1H3. The molecule has 0 aromatic rings. The first-order valence-electron chi connectivity index (χ1n) is 4.32. The summed E-state index contributed by atoms with van der Waals surface area (Å²) in [7, 11) is 0. The molecule has 0 heterocycles. The van der Waals surface area contributed by atoms with Crippen molar-refractivity contribution in [3.63, 3.8) is 0 Å². The summed E-state index contributed by atoms with van der Waals surface area (Å²) in [6.45, 7) is 2.42. The van der Waals surface area contributed by atoms with Crippen LogP contribution in [0.5, 0.6) is 0 Å². The van der Waals surface area contributed by atoms with Crippen LogP contribution in [0.4, 0.5) is 0 Å². The van der Waals surface area contributed by atoms with Crippen LogP contribution in [0.3, 0.4) is 0 Å². The maximum Gasteiger partial charge on any atom is -0.0263 e. The van der Waals surface area contributed by atoms with Gasteiger partial charge in [0, 0.05) is 0 Å². The van der Waals surface area contributed by atoms with E-state index in [9.17, 15) is 0 Å². The van der Waals surface area contributed by atoms with Crippen molar-refractivity contribution in [2.45, 2.75) is 32.6 Å². The largest absolute Gasteiger partial charge is 0.0622 e. The highest BCUT2D eigenvalue weighted by Gasteiger charge is 2.67. The maximum absolute atomic E-state index is 2.42. The fourth-order valence-electron chi connectivity index (χ4n) is 2.63. The summed E-state index contributed by atoms with van der Waals surface area (Å²) in [5.41, 5.74) is 0.982. The van der Waals surface area contributed by atoms with E-state index in [-0.39, 0.29) is 0 Å². The van der Waals surface area contributed by atoms with E-state index in [0.29, 0.717) is 0 Å². The molecule has 0 aliphatic heterocycles. The van der Waals surface area contributed by atoms with E-state index in [1.165, 1.54) is 11.8 Å². The van der Waals surface area contributed by atoms with E-state index in [1.54, 1.807) is 25.7 Å². The van der Waals surface area contributed by atoms with Crippen molar-refractivity contribution in [1.82, 2.24) is 0 Å².